The molecule has 2 amide bonds. The summed E-state index contributed by atoms with van der Waals surface area (Å²) in [5.41, 5.74) is 1.03. The molecular weight excluding hydrogens is 310 g/mol. The average Bonchev–Trinajstić information content (AvgIpc) is 2.47. The minimum atomic E-state index is -2.57. The minimum absolute atomic E-state index is 0.138. The van der Waals surface area contributed by atoms with E-state index in [4.69, 9.17) is 11.6 Å². The standard InChI is InChI=1S/C16H15ClF2N2O/c1-10(11-4-2-6-13(17)8-11)20-16(22)21-14-7-3-5-12(9-14)15(18)19/h2-10,15H,1H3,(H2,20,21,22). The summed E-state index contributed by atoms with van der Waals surface area (Å²) in [6.07, 6.45) is -2.57. The van der Waals surface area contributed by atoms with Crippen LogP contribution in [0.4, 0.5) is 19.3 Å². The molecule has 2 rings (SSSR count). The van der Waals surface area contributed by atoms with Crippen molar-refractivity contribution in [2.24, 2.45) is 0 Å². The number of halogens is 3. The van der Waals surface area contributed by atoms with Crippen LogP contribution in [0, 0.1) is 0 Å². The molecule has 6 heteroatoms. The van der Waals surface area contributed by atoms with Crippen molar-refractivity contribution >= 4 is 23.3 Å². The lowest BCUT2D eigenvalue weighted by Crippen LogP contribution is -2.31. The molecule has 2 aromatic carbocycles. The van der Waals surface area contributed by atoms with E-state index in [2.05, 4.69) is 10.6 Å². The maximum Gasteiger partial charge on any atom is 0.319 e. The summed E-state index contributed by atoms with van der Waals surface area (Å²) in [5.74, 6) is 0. The Morgan fingerprint density at radius 3 is 2.45 bits per heavy atom. The van der Waals surface area contributed by atoms with E-state index in [9.17, 15) is 13.6 Å². The van der Waals surface area contributed by atoms with Crippen molar-refractivity contribution < 1.29 is 13.6 Å². The Hall–Kier alpha value is -2.14. The largest absolute Gasteiger partial charge is 0.331 e. The highest BCUT2D eigenvalue weighted by atomic mass is 35.5. The molecule has 0 saturated carbocycles. The van der Waals surface area contributed by atoms with E-state index in [-0.39, 0.29) is 11.6 Å². The predicted octanol–water partition coefficient (Wildman–Crippen LogP) is 5.16. The lowest BCUT2D eigenvalue weighted by Gasteiger charge is -2.15. The Balaban J connectivity index is 1.99. The fraction of sp³-hybridized carbons (Fsp3) is 0.188. The van der Waals surface area contributed by atoms with Gasteiger partial charge in [0.25, 0.3) is 6.43 Å². The molecule has 1 unspecified atom stereocenters. The summed E-state index contributed by atoms with van der Waals surface area (Å²) >= 11 is 5.90. The summed E-state index contributed by atoms with van der Waals surface area (Å²) < 4.78 is 25.2. The molecule has 1 atom stereocenters. The minimum Gasteiger partial charge on any atom is -0.331 e. The van der Waals surface area contributed by atoms with Gasteiger partial charge in [0, 0.05) is 16.3 Å². The number of hydrogen-bond acceptors (Lipinski definition) is 1. The molecule has 0 heterocycles. The average molecular weight is 325 g/mol. The molecule has 2 aromatic rings. The van der Waals surface area contributed by atoms with Crippen LogP contribution in [0.5, 0.6) is 0 Å². The van der Waals surface area contributed by atoms with Crippen LogP contribution >= 0.6 is 11.6 Å². The third kappa shape index (κ3) is 4.43. The predicted molar refractivity (Wildman–Crippen MR) is 83.4 cm³/mol. The Kier molecular flexibility index (Phi) is 5.33. The lowest BCUT2D eigenvalue weighted by atomic mass is 10.1. The van der Waals surface area contributed by atoms with Crippen LogP contribution in [-0.2, 0) is 0 Å². The first-order valence-corrected chi connectivity index (χ1v) is 7.04. The van der Waals surface area contributed by atoms with Crippen LogP contribution in [0.3, 0.4) is 0 Å². The van der Waals surface area contributed by atoms with Crippen molar-refractivity contribution in [2.45, 2.75) is 19.4 Å². The van der Waals surface area contributed by atoms with Crippen molar-refractivity contribution in [1.82, 2.24) is 5.32 Å². The Bertz CT molecular complexity index is 664. The molecule has 22 heavy (non-hydrogen) atoms. The van der Waals surface area contributed by atoms with Gasteiger partial charge in [0.15, 0.2) is 0 Å². The smallest absolute Gasteiger partial charge is 0.319 e. The van der Waals surface area contributed by atoms with Crippen molar-refractivity contribution in [3.05, 3.63) is 64.7 Å². The van der Waals surface area contributed by atoms with Crippen molar-refractivity contribution in [3.63, 3.8) is 0 Å². The second-order valence-electron chi connectivity index (χ2n) is 4.80. The highest BCUT2D eigenvalue weighted by Gasteiger charge is 2.11. The molecule has 2 N–H and O–H groups in total. The number of nitrogens with one attached hydrogen (secondary N) is 2. The number of benzene rings is 2. The molecule has 0 radical (unpaired) electrons. The Labute approximate surface area is 132 Å². The molecule has 0 saturated heterocycles. The number of amides is 2. The Morgan fingerprint density at radius 1 is 1.09 bits per heavy atom. The van der Waals surface area contributed by atoms with Crippen molar-refractivity contribution in [2.75, 3.05) is 5.32 Å². The third-order valence-electron chi connectivity index (χ3n) is 3.09. The van der Waals surface area contributed by atoms with Crippen molar-refractivity contribution in [3.8, 4) is 0 Å². The van der Waals surface area contributed by atoms with Crippen LogP contribution in [0.2, 0.25) is 5.02 Å². The molecule has 0 aliphatic carbocycles. The van der Waals surface area contributed by atoms with Crippen LogP contribution in [-0.4, -0.2) is 6.03 Å². The van der Waals surface area contributed by atoms with Gasteiger partial charge in [-0.3, -0.25) is 0 Å². The number of anilines is 1. The first-order valence-electron chi connectivity index (χ1n) is 6.67. The van der Waals surface area contributed by atoms with Gasteiger partial charge in [0.1, 0.15) is 0 Å². The van der Waals surface area contributed by atoms with E-state index < -0.39 is 12.5 Å². The van der Waals surface area contributed by atoms with Crippen LogP contribution in [0.25, 0.3) is 0 Å². The molecule has 0 aliphatic rings. The molecule has 116 valence electrons. The second kappa shape index (κ2) is 7.22. The van der Waals surface area contributed by atoms with Crippen LogP contribution in [0.1, 0.15) is 30.5 Å². The molecule has 0 aromatic heterocycles. The molecule has 3 nitrogen and oxygen atoms in total. The van der Waals surface area contributed by atoms with Crippen LogP contribution in [0.15, 0.2) is 48.5 Å². The SMILES string of the molecule is CC(NC(=O)Nc1cccc(C(F)F)c1)c1cccc(Cl)c1. The lowest BCUT2D eigenvalue weighted by molar-refractivity contribution is 0.151. The zero-order valence-corrected chi connectivity index (χ0v) is 12.6. The molecule has 0 fully saturated rings. The number of hydrogen-bond donors (Lipinski definition) is 2. The van der Waals surface area contributed by atoms with E-state index >= 15 is 0 Å². The Morgan fingerprint density at radius 2 is 1.77 bits per heavy atom. The zero-order valence-electron chi connectivity index (χ0n) is 11.8. The molecule has 0 bridgehead atoms. The van der Waals surface area contributed by atoms with Gasteiger partial charge in [-0.25, -0.2) is 13.6 Å². The highest BCUT2D eigenvalue weighted by molar-refractivity contribution is 6.30. The van der Waals surface area contributed by atoms with E-state index in [1.54, 1.807) is 31.2 Å². The summed E-state index contributed by atoms with van der Waals surface area (Å²) in [4.78, 5) is 11.9. The van der Waals surface area contributed by atoms with Gasteiger partial charge in [-0.1, -0.05) is 35.9 Å². The van der Waals surface area contributed by atoms with E-state index in [0.29, 0.717) is 10.7 Å². The van der Waals surface area contributed by atoms with Gasteiger partial charge < -0.3 is 10.6 Å². The zero-order chi connectivity index (χ0) is 16.1. The van der Waals surface area contributed by atoms with E-state index in [1.165, 1.54) is 18.2 Å². The quantitative estimate of drug-likeness (QED) is 0.801. The van der Waals surface area contributed by atoms with Crippen LogP contribution < -0.4 is 10.6 Å². The number of alkyl halides is 2. The first kappa shape index (κ1) is 16.2. The molecule has 0 aliphatic heterocycles. The van der Waals surface area contributed by atoms with Gasteiger partial charge in [-0.15, -0.1) is 0 Å². The van der Waals surface area contributed by atoms with Gasteiger partial charge in [0.2, 0.25) is 0 Å². The third-order valence-corrected chi connectivity index (χ3v) is 3.33. The van der Waals surface area contributed by atoms with Gasteiger partial charge >= 0.3 is 6.03 Å². The number of carbonyl (C=O) groups excluding carboxylic acids is 1. The monoisotopic (exact) mass is 324 g/mol. The topological polar surface area (TPSA) is 41.1 Å². The van der Waals surface area contributed by atoms with E-state index in [0.717, 1.165) is 5.56 Å². The van der Waals surface area contributed by atoms with E-state index in [1.807, 2.05) is 6.07 Å². The summed E-state index contributed by atoms with van der Waals surface area (Å²) in [7, 11) is 0. The van der Waals surface area contributed by atoms with Crippen molar-refractivity contribution in [1.29, 1.82) is 0 Å². The summed E-state index contributed by atoms with van der Waals surface area (Å²) in [5, 5.41) is 5.84. The first-order chi connectivity index (χ1) is 10.5. The second-order valence-corrected chi connectivity index (χ2v) is 5.24. The number of rotatable bonds is 4. The summed E-state index contributed by atoms with van der Waals surface area (Å²) in [6, 6.07) is 12.0. The van der Waals surface area contributed by atoms with Gasteiger partial charge in [-0.05, 0) is 36.8 Å². The fourth-order valence-corrected chi connectivity index (χ4v) is 2.17. The molecule has 0 spiro atoms. The normalized spacial score (nSPS) is 12.0. The number of urea groups is 1. The van der Waals surface area contributed by atoms with Gasteiger partial charge in [-0.2, -0.15) is 0 Å². The maximum atomic E-state index is 12.6. The maximum absolute atomic E-state index is 12.6. The highest BCUT2D eigenvalue weighted by Crippen LogP contribution is 2.22. The fourth-order valence-electron chi connectivity index (χ4n) is 1.98. The molecular formula is C16H15ClF2N2O. The van der Waals surface area contributed by atoms with Gasteiger partial charge in [0.05, 0.1) is 6.04 Å². The number of carbonyl (C=O) groups is 1. The summed E-state index contributed by atoms with van der Waals surface area (Å²) in [6.45, 7) is 1.81.